The van der Waals surface area contributed by atoms with Crippen LogP contribution in [0.15, 0.2) is 0 Å². The number of Topliss-reactive ketones (excluding diaryl/α,β-unsaturated/α-hetero) is 1. The lowest BCUT2D eigenvalue weighted by Crippen LogP contribution is -2.40. The maximum Gasteiger partial charge on any atom is 0.136 e. The molecule has 2 aliphatic carbocycles. The zero-order valence-electron chi connectivity index (χ0n) is 6.60. The summed E-state index contributed by atoms with van der Waals surface area (Å²) >= 11 is 0. The van der Waals surface area contributed by atoms with Crippen molar-refractivity contribution >= 4 is 5.78 Å². The first-order valence-electron chi connectivity index (χ1n) is 4.68. The molecule has 0 radical (unpaired) electrons. The number of carbonyl (C=O) groups excluding carboxylic acids is 1. The lowest BCUT2D eigenvalue weighted by Gasteiger charge is -2.33. The molecule has 6 atom stereocenters. The van der Waals surface area contributed by atoms with Crippen LogP contribution in [0.2, 0.25) is 0 Å². The number of epoxide rings is 2. The average Bonchev–Trinajstić information content (AvgIpc) is 2.86. The first kappa shape index (κ1) is 6.11. The van der Waals surface area contributed by atoms with Gasteiger partial charge < -0.3 is 9.47 Å². The van der Waals surface area contributed by atoms with Gasteiger partial charge in [0.2, 0.25) is 0 Å². The highest BCUT2D eigenvalue weighted by molar-refractivity contribution is 5.88. The molecule has 0 bridgehead atoms. The Hall–Kier alpha value is -0.410. The molecule has 2 aliphatic heterocycles. The molecule has 0 aromatic rings. The van der Waals surface area contributed by atoms with Crippen LogP contribution < -0.4 is 0 Å². The van der Waals surface area contributed by atoms with Crippen LogP contribution in [0.25, 0.3) is 0 Å². The smallest absolute Gasteiger partial charge is 0.136 e. The summed E-state index contributed by atoms with van der Waals surface area (Å²) in [5.41, 5.74) is 0. The monoisotopic (exact) mass is 166 g/mol. The Morgan fingerprint density at radius 2 is 2.08 bits per heavy atom. The second kappa shape index (κ2) is 1.61. The van der Waals surface area contributed by atoms with E-state index in [4.69, 9.17) is 9.47 Å². The van der Waals surface area contributed by atoms with Crippen LogP contribution in [0.3, 0.4) is 0 Å². The van der Waals surface area contributed by atoms with E-state index in [1.807, 2.05) is 0 Å². The van der Waals surface area contributed by atoms with Gasteiger partial charge in [-0.2, -0.15) is 0 Å². The Morgan fingerprint density at radius 3 is 2.92 bits per heavy atom. The third kappa shape index (κ3) is 0.559. The van der Waals surface area contributed by atoms with Crippen molar-refractivity contribution < 1.29 is 14.3 Å². The second-order valence-corrected chi connectivity index (χ2v) is 4.38. The van der Waals surface area contributed by atoms with Gasteiger partial charge in [0.25, 0.3) is 0 Å². The molecule has 3 heteroatoms. The Labute approximate surface area is 70.0 Å². The van der Waals surface area contributed by atoms with Crippen molar-refractivity contribution in [3.05, 3.63) is 0 Å². The Bertz CT molecular complexity index is 275. The molecular formula is C9H10O3. The van der Waals surface area contributed by atoms with E-state index in [-0.39, 0.29) is 5.92 Å². The standard InChI is InChI=1S/C9H10O3/c10-5-1-4-3(5)2-6-8(11-6)9-7(4)12-9/h3-4,6-9H,1-2H2. The predicted octanol–water partition coefficient (Wildman–Crippen LogP) is 0.130. The van der Waals surface area contributed by atoms with Gasteiger partial charge in [-0.15, -0.1) is 0 Å². The van der Waals surface area contributed by atoms with E-state index < -0.39 is 0 Å². The predicted molar refractivity (Wildman–Crippen MR) is 38.5 cm³/mol. The number of hydrogen-bond donors (Lipinski definition) is 0. The van der Waals surface area contributed by atoms with Crippen molar-refractivity contribution in [3.8, 4) is 0 Å². The molecule has 4 aliphatic rings. The van der Waals surface area contributed by atoms with Crippen LogP contribution in [0, 0.1) is 11.8 Å². The quantitative estimate of drug-likeness (QED) is 0.480. The molecule has 2 saturated heterocycles. The van der Waals surface area contributed by atoms with Crippen molar-refractivity contribution in [1.29, 1.82) is 0 Å². The van der Waals surface area contributed by atoms with E-state index in [1.165, 1.54) is 0 Å². The Balaban J connectivity index is 1.69. The zero-order chi connectivity index (χ0) is 7.87. The molecule has 6 unspecified atom stereocenters. The van der Waals surface area contributed by atoms with Gasteiger partial charge in [-0.3, -0.25) is 4.79 Å². The maximum absolute atomic E-state index is 11.2. The summed E-state index contributed by atoms with van der Waals surface area (Å²) in [7, 11) is 0. The average molecular weight is 166 g/mol. The largest absolute Gasteiger partial charge is 0.367 e. The third-order valence-electron chi connectivity index (χ3n) is 3.78. The van der Waals surface area contributed by atoms with E-state index >= 15 is 0 Å². The van der Waals surface area contributed by atoms with Crippen LogP contribution in [-0.2, 0) is 14.3 Å². The van der Waals surface area contributed by atoms with Gasteiger partial charge in [0.1, 0.15) is 18.0 Å². The van der Waals surface area contributed by atoms with Gasteiger partial charge >= 0.3 is 0 Å². The van der Waals surface area contributed by atoms with Crippen LogP contribution >= 0.6 is 0 Å². The number of ether oxygens (including phenoxy) is 2. The van der Waals surface area contributed by atoms with Gasteiger partial charge in [-0.25, -0.2) is 0 Å². The highest BCUT2D eigenvalue weighted by atomic mass is 16.7. The fourth-order valence-electron chi connectivity index (χ4n) is 2.89. The first-order chi connectivity index (χ1) is 5.84. The number of fused-ring (bicyclic) bond motifs is 5. The van der Waals surface area contributed by atoms with E-state index in [0.717, 1.165) is 12.8 Å². The first-order valence-corrected chi connectivity index (χ1v) is 4.68. The molecule has 2 saturated carbocycles. The minimum atomic E-state index is 0.289. The molecule has 12 heavy (non-hydrogen) atoms. The van der Waals surface area contributed by atoms with Crippen molar-refractivity contribution in [2.45, 2.75) is 37.3 Å². The van der Waals surface area contributed by atoms with Gasteiger partial charge in [0.15, 0.2) is 0 Å². The molecule has 0 spiro atoms. The molecule has 0 N–H and O–H groups in total. The van der Waals surface area contributed by atoms with Crippen LogP contribution in [-0.4, -0.2) is 30.2 Å². The molecule has 0 amide bonds. The number of hydrogen-bond acceptors (Lipinski definition) is 3. The number of rotatable bonds is 0. The number of carbonyl (C=O) groups is 1. The minimum Gasteiger partial charge on any atom is -0.367 e. The summed E-state index contributed by atoms with van der Waals surface area (Å²) in [6.45, 7) is 0. The summed E-state index contributed by atoms with van der Waals surface area (Å²) in [5.74, 6) is 1.28. The van der Waals surface area contributed by atoms with E-state index in [9.17, 15) is 4.79 Å². The fraction of sp³-hybridized carbons (Fsp3) is 0.889. The Kier molecular flexibility index (Phi) is 0.820. The normalized spacial score (nSPS) is 65.2. The SMILES string of the molecule is O=C1CC2C1CC1OC1C1OC21. The number of ketones is 1. The molecule has 4 fully saturated rings. The highest BCUT2D eigenvalue weighted by Gasteiger charge is 2.67. The summed E-state index contributed by atoms with van der Waals surface area (Å²) in [5, 5.41) is 0. The molecule has 4 rings (SSSR count). The van der Waals surface area contributed by atoms with E-state index in [1.54, 1.807) is 0 Å². The lowest BCUT2D eigenvalue weighted by molar-refractivity contribution is -0.135. The Morgan fingerprint density at radius 1 is 1.17 bits per heavy atom. The summed E-state index contributed by atoms with van der Waals surface area (Å²) in [6, 6.07) is 0. The van der Waals surface area contributed by atoms with Gasteiger partial charge in [0.05, 0.1) is 12.2 Å². The highest BCUT2D eigenvalue weighted by Crippen LogP contribution is 2.55. The fourth-order valence-corrected chi connectivity index (χ4v) is 2.89. The molecule has 2 heterocycles. The molecule has 3 nitrogen and oxygen atoms in total. The lowest BCUT2D eigenvalue weighted by atomic mass is 9.69. The topological polar surface area (TPSA) is 42.1 Å². The van der Waals surface area contributed by atoms with E-state index in [2.05, 4.69) is 0 Å². The van der Waals surface area contributed by atoms with E-state index in [0.29, 0.717) is 36.1 Å². The summed E-state index contributed by atoms with van der Waals surface area (Å²) < 4.78 is 11.0. The third-order valence-corrected chi connectivity index (χ3v) is 3.78. The summed E-state index contributed by atoms with van der Waals surface area (Å²) in [6.07, 6.45) is 3.20. The molecule has 0 aromatic carbocycles. The van der Waals surface area contributed by atoms with Crippen molar-refractivity contribution in [2.24, 2.45) is 11.8 Å². The molecule has 64 valence electrons. The second-order valence-electron chi connectivity index (χ2n) is 4.38. The van der Waals surface area contributed by atoms with Crippen LogP contribution in [0.5, 0.6) is 0 Å². The summed E-state index contributed by atoms with van der Waals surface area (Å²) in [4.78, 5) is 11.2. The zero-order valence-corrected chi connectivity index (χ0v) is 6.60. The van der Waals surface area contributed by atoms with Crippen LogP contribution in [0.1, 0.15) is 12.8 Å². The maximum atomic E-state index is 11.2. The van der Waals surface area contributed by atoms with Crippen molar-refractivity contribution in [3.63, 3.8) is 0 Å². The van der Waals surface area contributed by atoms with Gasteiger partial charge in [-0.05, 0) is 6.42 Å². The minimum absolute atomic E-state index is 0.289. The van der Waals surface area contributed by atoms with Gasteiger partial charge in [0, 0.05) is 18.3 Å². The van der Waals surface area contributed by atoms with Crippen molar-refractivity contribution in [2.75, 3.05) is 0 Å². The van der Waals surface area contributed by atoms with Gasteiger partial charge in [-0.1, -0.05) is 0 Å². The van der Waals surface area contributed by atoms with Crippen LogP contribution in [0.4, 0.5) is 0 Å². The molecule has 0 aromatic heterocycles. The van der Waals surface area contributed by atoms with Crippen molar-refractivity contribution in [1.82, 2.24) is 0 Å². The molecular weight excluding hydrogens is 156 g/mol.